The summed E-state index contributed by atoms with van der Waals surface area (Å²) in [5.41, 5.74) is 1.41. The summed E-state index contributed by atoms with van der Waals surface area (Å²) in [6.45, 7) is 6.71. The molecule has 2 aromatic carbocycles. The zero-order chi connectivity index (χ0) is 25.2. The second-order valence-corrected chi connectivity index (χ2v) is 8.50. The summed E-state index contributed by atoms with van der Waals surface area (Å²) in [7, 11) is 1.56. The number of rotatable bonds is 11. The molecule has 0 unspecified atom stereocenters. The van der Waals surface area contributed by atoms with Crippen molar-refractivity contribution in [2.24, 2.45) is 0 Å². The van der Waals surface area contributed by atoms with Crippen LogP contribution in [0.15, 0.2) is 65.7 Å². The number of nitrogens with one attached hydrogen (secondary N) is 2. The highest BCUT2D eigenvalue weighted by atomic mass is 32.1. The Kier molecular flexibility index (Phi) is 9.31. The topological polar surface area (TPSA) is 85.9 Å². The van der Waals surface area contributed by atoms with Gasteiger partial charge in [-0.3, -0.25) is 9.59 Å². The smallest absolute Gasteiger partial charge is 0.268 e. The number of methoxy groups -OCH3 is 1. The number of ether oxygens (including phenoxy) is 3. The Morgan fingerprint density at radius 3 is 2.34 bits per heavy atom. The van der Waals surface area contributed by atoms with Crippen molar-refractivity contribution in [2.75, 3.05) is 20.3 Å². The molecule has 7 nitrogen and oxygen atoms in total. The van der Waals surface area contributed by atoms with Crippen LogP contribution in [-0.4, -0.2) is 32.1 Å². The molecule has 0 bridgehead atoms. The van der Waals surface area contributed by atoms with E-state index in [0.717, 1.165) is 10.4 Å². The summed E-state index contributed by atoms with van der Waals surface area (Å²) in [5.74, 6) is 1.12. The Hall–Kier alpha value is -3.78. The summed E-state index contributed by atoms with van der Waals surface area (Å²) in [5, 5.41) is 7.63. The standard InChI is InChI=1S/C27H30N2O5S/c1-5-33-24-14-11-20(16-25(24)34-6-2)18(3)28-27(31)23(17-22-8-7-15-35-22)29-26(30)19-9-12-21(32-4)13-10-19/h7-18H,5-6H2,1-4H3,(H,28,31)(H,29,30)/b23-17-/t18-/m0/s1. The van der Waals surface area contributed by atoms with Crippen LogP contribution in [0.2, 0.25) is 0 Å². The minimum Gasteiger partial charge on any atom is -0.497 e. The molecule has 0 saturated carbocycles. The van der Waals surface area contributed by atoms with E-state index in [1.807, 2.05) is 56.5 Å². The van der Waals surface area contributed by atoms with E-state index in [1.54, 1.807) is 37.5 Å². The number of benzene rings is 2. The SMILES string of the molecule is CCOc1ccc([C@H](C)NC(=O)/C(=C/c2cccs2)NC(=O)c2ccc(OC)cc2)cc1OCC. The molecule has 1 atom stereocenters. The van der Waals surface area contributed by atoms with Crippen LogP contribution in [0, 0.1) is 0 Å². The van der Waals surface area contributed by atoms with E-state index in [2.05, 4.69) is 10.6 Å². The van der Waals surface area contributed by atoms with Crippen molar-refractivity contribution >= 4 is 29.2 Å². The summed E-state index contributed by atoms with van der Waals surface area (Å²) in [4.78, 5) is 26.9. The van der Waals surface area contributed by atoms with Gasteiger partial charge in [0, 0.05) is 10.4 Å². The van der Waals surface area contributed by atoms with E-state index in [-0.39, 0.29) is 11.7 Å². The first kappa shape index (κ1) is 25.8. The fraction of sp³-hybridized carbons (Fsp3) is 0.259. The predicted molar refractivity (Wildman–Crippen MR) is 138 cm³/mol. The van der Waals surface area contributed by atoms with E-state index in [4.69, 9.17) is 14.2 Å². The normalized spacial score (nSPS) is 11.9. The number of carbonyl (C=O) groups excluding carboxylic acids is 2. The van der Waals surface area contributed by atoms with E-state index in [1.165, 1.54) is 11.3 Å². The molecule has 3 aromatic rings. The number of carbonyl (C=O) groups is 2. The van der Waals surface area contributed by atoms with Gasteiger partial charge in [0.25, 0.3) is 11.8 Å². The molecular weight excluding hydrogens is 464 g/mol. The predicted octanol–water partition coefficient (Wildman–Crippen LogP) is 5.20. The lowest BCUT2D eigenvalue weighted by atomic mass is 10.1. The van der Waals surface area contributed by atoms with Crippen molar-refractivity contribution in [1.29, 1.82) is 0 Å². The number of hydrogen-bond donors (Lipinski definition) is 2. The second kappa shape index (κ2) is 12.6. The Morgan fingerprint density at radius 2 is 1.71 bits per heavy atom. The number of amides is 2. The first-order chi connectivity index (χ1) is 16.9. The zero-order valence-electron chi connectivity index (χ0n) is 20.3. The Morgan fingerprint density at radius 1 is 1.00 bits per heavy atom. The van der Waals surface area contributed by atoms with Gasteiger partial charge in [-0.15, -0.1) is 11.3 Å². The molecule has 0 aliphatic heterocycles. The van der Waals surface area contributed by atoms with Crippen LogP contribution in [0.4, 0.5) is 0 Å². The van der Waals surface area contributed by atoms with E-state index < -0.39 is 11.8 Å². The molecule has 184 valence electrons. The maximum Gasteiger partial charge on any atom is 0.268 e. The van der Waals surface area contributed by atoms with Crippen molar-refractivity contribution in [2.45, 2.75) is 26.8 Å². The van der Waals surface area contributed by atoms with Gasteiger partial charge in [-0.25, -0.2) is 0 Å². The minimum absolute atomic E-state index is 0.149. The molecule has 8 heteroatoms. The van der Waals surface area contributed by atoms with Gasteiger partial charge in [-0.2, -0.15) is 0 Å². The molecule has 35 heavy (non-hydrogen) atoms. The van der Waals surface area contributed by atoms with Gasteiger partial charge in [-0.1, -0.05) is 12.1 Å². The molecule has 0 fully saturated rings. The highest BCUT2D eigenvalue weighted by Gasteiger charge is 2.19. The summed E-state index contributed by atoms with van der Waals surface area (Å²) in [6, 6.07) is 15.7. The van der Waals surface area contributed by atoms with Crippen LogP contribution in [0.1, 0.15) is 47.6 Å². The molecule has 0 radical (unpaired) electrons. The summed E-state index contributed by atoms with van der Waals surface area (Å²) >= 11 is 1.47. The molecule has 3 rings (SSSR count). The van der Waals surface area contributed by atoms with Gasteiger partial charge in [0.15, 0.2) is 11.5 Å². The van der Waals surface area contributed by atoms with Crippen molar-refractivity contribution in [3.8, 4) is 17.2 Å². The first-order valence-corrected chi connectivity index (χ1v) is 12.2. The third kappa shape index (κ3) is 7.10. The Balaban J connectivity index is 1.80. The average molecular weight is 495 g/mol. The maximum atomic E-state index is 13.2. The van der Waals surface area contributed by atoms with Crippen LogP contribution >= 0.6 is 11.3 Å². The zero-order valence-corrected chi connectivity index (χ0v) is 21.1. The molecule has 0 aliphatic carbocycles. The van der Waals surface area contributed by atoms with Crippen LogP contribution in [0.3, 0.4) is 0 Å². The first-order valence-electron chi connectivity index (χ1n) is 11.4. The molecule has 2 N–H and O–H groups in total. The lowest BCUT2D eigenvalue weighted by molar-refractivity contribution is -0.118. The number of thiophene rings is 1. The van der Waals surface area contributed by atoms with Crippen LogP contribution in [-0.2, 0) is 4.79 Å². The van der Waals surface area contributed by atoms with Crippen LogP contribution in [0.5, 0.6) is 17.2 Å². The average Bonchev–Trinajstić information content (AvgIpc) is 3.38. The molecule has 1 heterocycles. The van der Waals surface area contributed by atoms with Gasteiger partial charge < -0.3 is 24.8 Å². The third-order valence-corrected chi connectivity index (χ3v) is 5.91. The van der Waals surface area contributed by atoms with Crippen molar-refractivity contribution in [1.82, 2.24) is 10.6 Å². The molecule has 0 spiro atoms. The second-order valence-electron chi connectivity index (χ2n) is 7.52. The quantitative estimate of drug-likeness (QED) is 0.358. The van der Waals surface area contributed by atoms with Crippen molar-refractivity contribution in [3.05, 3.63) is 81.7 Å². The molecule has 2 amide bonds. The fourth-order valence-electron chi connectivity index (χ4n) is 3.31. The summed E-state index contributed by atoms with van der Waals surface area (Å²) < 4.78 is 16.5. The van der Waals surface area contributed by atoms with Gasteiger partial charge in [0.05, 0.1) is 26.4 Å². The lowest BCUT2D eigenvalue weighted by Crippen LogP contribution is -2.36. The highest BCUT2D eigenvalue weighted by molar-refractivity contribution is 7.10. The molecule has 1 aromatic heterocycles. The Bertz CT molecular complexity index is 1160. The van der Waals surface area contributed by atoms with E-state index in [9.17, 15) is 9.59 Å². The maximum absolute atomic E-state index is 13.2. The summed E-state index contributed by atoms with van der Waals surface area (Å²) in [6.07, 6.45) is 1.66. The largest absolute Gasteiger partial charge is 0.497 e. The molecule has 0 aliphatic rings. The fourth-order valence-corrected chi connectivity index (χ4v) is 3.96. The van der Waals surface area contributed by atoms with Gasteiger partial charge in [-0.05, 0) is 80.3 Å². The molecule has 0 saturated heterocycles. The Labute approximate surface area is 209 Å². The van der Waals surface area contributed by atoms with Crippen LogP contribution in [0.25, 0.3) is 6.08 Å². The van der Waals surface area contributed by atoms with E-state index in [0.29, 0.717) is 36.0 Å². The van der Waals surface area contributed by atoms with Gasteiger partial charge in [0.1, 0.15) is 11.4 Å². The lowest BCUT2D eigenvalue weighted by Gasteiger charge is -2.19. The van der Waals surface area contributed by atoms with Crippen LogP contribution < -0.4 is 24.8 Å². The monoisotopic (exact) mass is 494 g/mol. The van der Waals surface area contributed by atoms with Gasteiger partial charge in [0.2, 0.25) is 0 Å². The number of hydrogen-bond acceptors (Lipinski definition) is 6. The molecular formula is C27H30N2O5S. The third-order valence-electron chi connectivity index (χ3n) is 5.09. The van der Waals surface area contributed by atoms with Gasteiger partial charge >= 0.3 is 0 Å². The van der Waals surface area contributed by atoms with Crippen molar-refractivity contribution < 1.29 is 23.8 Å². The van der Waals surface area contributed by atoms with E-state index >= 15 is 0 Å². The highest BCUT2D eigenvalue weighted by Crippen LogP contribution is 2.31. The van der Waals surface area contributed by atoms with Crippen molar-refractivity contribution in [3.63, 3.8) is 0 Å². The minimum atomic E-state index is -0.403.